The van der Waals surface area contributed by atoms with Crippen molar-refractivity contribution in [2.75, 3.05) is 27.4 Å². The van der Waals surface area contributed by atoms with Gasteiger partial charge in [0.05, 0.1) is 38.0 Å². The molecular weight excluding hydrogens is 466 g/mol. The van der Waals surface area contributed by atoms with Crippen molar-refractivity contribution in [2.45, 2.75) is 12.8 Å². The molecule has 1 atom stereocenters. The van der Waals surface area contributed by atoms with E-state index in [1.54, 1.807) is 31.4 Å². The van der Waals surface area contributed by atoms with Gasteiger partial charge >= 0.3 is 0 Å². The Bertz CT molecular complexity index is 1370. The number of amides is 1. The van der Waals surface area contributed by atoms with Gasteiger partial charge in [0.1, 0.15) is 11.6 Å². The molecule has 1 amide bonds. The van der Waals surface area contributed by atoms with E-state index < -0.39 is 11.8 Å². The molecule has 0 saturated carbocycles. The van der Waals surface area contributed by atoms with Crippen LogP contribution in [0.1, 0.15) is 24.0 Å². The van der Waals surface area contributed by atoms with Gasteiger partial charge in [-0.2, -0.15) is 5.26 Å². The number of H-pyrrole nitrogens is 1. The van der Waals surface area contributed by atoms with Crippen molar-refractivity contribution in [1.29, 1.82) is 5.26 Å². The van der Waals surface area contributed by atoms with Crippen molar-refractivity contribution in [3.05, 3.63) is 59.0 Å². The van der Waals surface area contributed by atoms with Crippen LogP contribution in [0.25, 0.3) is 11.3 Å². The molecule has 0 spiro atoms. The van der Waals surface area contributed by atoms with E-state index in [0.29, 0.717) is 46.4 Å². The number of nitrogens with zero attached hydrogens (tertiary/aromatic N) is 2. The molecule has 36 heavy (non-hydrogen) atoms. The molecule has 0 fully saturated rings. The number of allylic oxidation sites excluding steroid dienone is 1. The number of hydrogen-bond donors (Lipinski definition) is 3. The van der Waals surface area contributed by atoms with Crippen molar-refractivity contribution >= 4 is 5.91 Å². The SMILES string of the molecule is CCOc1ccc(-c2[nH]nc3c2[C@H](c2ccc(OCC(N)=O)c(OC)c2)C(C#N)=C(N)O3)cc1OC. The van der Waals surface area contributed by atoms with Crippen LogP contribution in [-0.2, 0) is 4.79 Å². The number of carbonyl (C=O) groups is 1. The monoisotopic (exact) mass is 491 g/mol. The lowest BCUT2D eigenvalue weighted by Gasteiger charge is -2.25. The standard InChI is InChI=1S/C25H25N5O6/c1-4-34-16-8-6-14(10-19(16)33-3)23-22-21(15(11-26)24(28)36-25(22)30-29-23)13-5-7-17(18(9-13)32-2)35-12-20(27)31/h5-10,21H,4,12,28H2,1-3H3,(H2,27,31)(H,29,30)/t21-/m1/s1. The van der Waals surface area contributed by atoms with E-state index in [1.165, 1.54) is 7.11 Å². The number of rotatable bonds is 9. The number of fused-ring (bicyclic) bond motifs is 1. The van der Waals surface area contributed by atoms with Gasteiger partial charge in [0, 0.05) is 5.56 Å². The van der Waals surface area contributed by atoms with Crippen molar-refractivity contribution in [1.82, 2.24) is 10.2 Å². The van der Waals surface area contributed by atoms with Crippen molar-refractivity contribution < 1.29 is 28.5 Å². The summed E-state index contributed by atoms with van der Waals surface area (Å²) in [5.74, 6) is 0.757. The van der Waals surface area contributed by atoms with Gasteiger partial charge in [-0.05, 0) is 42.8 Å². The van der Waals surface area contributed by atoms with Crippen LogP contribution in [0.4, 0.5) is 0 Å². The minimum absolute atomic E-state index is 0.0506. The highest BCUT2D eigenvalue weighted by atomic mass is 16.5. The molecule has 11 nitrogen and oxygen atoms in total. The topological polar surface area (TPSA) is 168 Å². The lowest BCUT2D eigenvalue weighted by molar-refractivity contribution is -0.119. The highest BCUT2D eigenvalue weighted by Gasteiger charge is 2.36. The Labute approximate surface area is 207 Å². The zero-order valence-corrected chi connectivity index (χ0v) is 20.0. The van der Waals surface area contributed by atoms with Gasteiger partial charge < -0.3 is 35.2 Å². The molecule has 1 aromatic heterocycles. The van der Waals surface area contributed by atoms with Crippen LogP contribution >= 0.6 is 0 Å². The van der Waals surface area contributed by atoms with Gasteiger partial charge in [-0.3, -0.25) is 9.89 Å². The molecule has 0 unspecified atom stereocenters. The van der Waals surface area contributed by atoms with Crippen LogP contribution in [0.2, 0.25) is 0 Å². The molecule has 0 radical (unpaired) electrons. The van der Waals surface area contributed by atoms with Crippen LogP contribution in [0.3, 0.4) is 0 Å². The summed E-state index contributed by atoms with van der Waals surface area (Å²) < 4.78 is 27.7. The van der Waals surface area contributed by atoms with Crippen LogP contribution in [-0.4, -0.2) is 43.5 Å². The summed E-state index contributed by atoms with van der Waals surface area (Å²) in [7, 11) is 3.03. The largest absolute Gasteiger partial charge is 0.493 e. The summed E-state index contributed by atoms with van der Waals surface area (Å²) in [4.78, 5) is 11.1. The minimum Gasteiger partial charge on any atom is -0.493 e. The maximum atomic E-state index is 11.1. The minimum atomic E-state index is -0.635. The zero-order valence-electron chi connectivity index (χ0n) is 20.0. The molecule has 0 saturated heterocycles. The molecule has 1 aliphatic heterocycles. The van der Waals surface area contributed by atoms with Crippen LogP contribution in [0, 0.1) is 11.3 Å². The molecule has 5 N–H and O–H groups in total. The molecule has 11 heteroatoms. The number of nitrogens with two attached hydrogens (primary N) is 2. The van der Waals surface area contributed by atoms with Crippen LogP contribution < -0.4 is 35.2 Å². The van der Waals surface area contributed by atoms with Crippen LogP contribution in [0.15, 0.2) is 47.9 Å². The summed E-state index contributed by atoms with van der Waals surface area (Å²) in [6.07, 6.45) is 0. The van der Waals surface area contributed by atoms with E-state index in [-0.39, 0.29) is 23.9 Å². The first-order valence-corrected chi connectivity index (χ1v) is 11.0. The first kappa shape index (κ1) is 24.3. The summed E-state index contributed by atoms with van der Waals surface area (Å²) in [5.41, 5.74) is 14.1. The lowest BCUT2D eigenvalue weighted by Crippen LogP contribution is -2.21. The fourth-order valence-electron chi connectivity index (χ4n) is 4.03. The number of aromatic amines is 1. The van der Waals surface area contributed by atoms with Crippen molar-refractivity contribution in [3.63, 3.8) is 0 Å². The van der Waals surface area contributed by atoms with Gasteiger partial charge in [0.25, 0.3) is 5.91 Å². The summed E-state index contributed by atoms with van der Waals surface area (Å²) in [6, 6.07) is 12.7. The molecule has 2 aromatic carbocycles. The van der Waals surface area contributed by atoms with Gasteiger partial charge in [-0.1, -0.05) is 6.07 Å². The van der Waals surface area contributed by atoms with E-state index in [1.807, 2.05) is 19.1 Å². The molecule has 186 valence electrons. The Hall–Kier alpha value is -4.85. The average Bonchev–Trinajstić information content (AvgIpc) is 3.30. The molecule has 1 aliphatic rings. The number of carbonyl (C=O) groups excluding carboxylic acids is 1. The second-order valence-electron chi connectivity index (χ2n) is 7.71. The quantitative estimate of drug-likeness (QED) is 0.407. The Morgan fingerprint density at radius 1 is 1.11 bits per heavy atom. The van der Waals surface area contributed by atoms with E-state index in [4.69, 9.17) is 35.2 Å². The van der Waals surface area contributed by atoms with E-state index in [2.05, 4.69) is 16.3 Å². The van der Waals surface area contributed by atoms with Crippen molar-refractivity contribution in [3.8, 4) is 46.2 Å². The molecule has 2 heterocycles. The summed E-state index contributed by atoms with van der Waals surface area (Å²) in [5, 5.41) is 17.3. The summed E-state index contributed by atoms with van der Waals surface area (Å²) >= 11 is 0. The predicted molar refractivity (Wildman–Crippen MR) is 129 cm³/mol. The third-order valence-corrected chi connectivity index (χ3v) is 5.58. The zero-order chi connectivity index (χ0) is 25.8. The molecule has 0 bridgehead atoms. The smallest absolute Gasteiger partial charge is 0.255 e. The van der Waals surface area contributed by atoms with E-state index in [9.17, 15) is 10.1 Å². The fraction of sp³-hybridized carbons (Fsp3) is 0.240. The normalized spacial score (nSPS) is 14.3. The highest BCUT2D eigenvalue weighted by molar-refractivity contribution is 5.75. The Morgan fingerprint density at radius 2 is 1.81 bits per heavy atom. The van der Waals surface area contributed by atoms with Gasteiger partial charge in [0.2, 0.25) is 11.8 Å². The number of nitriles is 1. The number of aromatic nitrogens is 2. The Kier molecular flexibility index (Phi) is 6.87. The molecular formula is C25H25N5O6. The number of nitrogens with one attached hydrogen (secondary N) is 1. The van der Waals surface area contributed by atoms with E-state index in [0.717, 1.165) is 5.56 Å². The second kappa shape index (κ2) is 10.2. The lowest BCUT2D eigenvalue weighted by atomic mass is 9.83. The number of benzene rings is 2. The van der Waals surface area contributed by atoms with Gasteiger partial charge in [-0.25, -0.2) is 0 Å². The molecule has 0 aliphatic carbocycles. The molecule has 3 aromatic rings. The second-order valence-corrected chi connectivity index (χ2v) is 7.71. The number of hydrogen-bond acceptors (Lipinski definition) is 9. The van der Waals surface area contributed by atoms with Crippen molar-refractivity contribution in [2.24, 2.45) is 11.5 Å². The third kappa shape index (κ3) is 4.44. The van der Waals surface area contributed by atoms with Gasteiger partial charge in [-0.15, -0.1) is 5.10 Å². The predicted octanol–water partition coefficient (Wildman–Crippen LogP) is 2.57. The van der Waals surface area contributed by atoms with Crippen LogP contribution in [0.5, 0.6) is 28.9 Å². The summed E-state index contributed by atoms with van der Waals surface area (Å²) in [6.45, 7) is 2.07. The van der Waals surface area contributed by atoms with Gasteiger partial charge in [0.15, 0.2) is 29.6 Å². The number of primary amides is 1. The third-order valence-electron chi connectivity index (χ3n) is 5.58. The molecule has 4 rings (SSSR count). The Morgan fingerprint density at radius 3 is 2.47 bits per heavy atom. The fourth-order valence-corrected chi connectivity index (χ4v) is 4.03. The number of ether oxygens (including phenoxy) is 5. The number of methoxy groups -OCH3 is 2. The maximum Gasteiger partial charge on any atom is 0.255 e. The first-order valence-electron chi connectivity index (χ1n) is 11.0. The highest BCUT2D eigenvalue weighted by Crippen LogP contribution is 2.47. The first-order chi connectivity index (χ1) is 17.4. The average molecular weight is 492 g/mol. The van der Waals surface area contributed by atoms with E-state index >= 15 is 0 Å². The maximum absolute atomic E-state index is 11.1. The Balaban J connectivity index is 1.85.